The van der Waals surface area contributed by atoms with Gasteiger partial charge in [0.25, 0.3) is 0 Å². The van der Waals surface area contributed by atoms with Crippen LogP contribution in [0.5, 0.6) is 0 Å². The lowest BCUT2D eigenvalue weighted by Gasteiger charge is -2.17. The van der Waals surface area contributed by atoms with E-state index in [1.807, 2.05) is 11.3 Å². The SMILES string of the molecule is c1ccc(-c2ccc(-c3nc(-c4cc5sc6ccccc6c5cc4-n4c5cc6ccccc6cc5c5ccc6ccccc6c54)nc(-c4cccc5c6ccccc6n(-c6ccccc6)c45)n3)cc2)cc1. The minimum atomic E-state index is 0.599. The number of fused-ring (bicyclic) bond motifs is 12. The Balaban J connectivity index is 1.08. The lowest BCUT2D eigenvalue weighted by molar-refractivity contribution is 1.06. The van der Waals surface area contributed by atoms with Gasteiger partial charge in [-0.15, -0.1) is 11.3 Å². The normalized spacial score (nSPS) is 11.9. The van der Waals surface area contributed by atoms with Crippen LogP contribution < -0.4 is 0 Å². The number of hydrogen-bond donors (Lipinski definition) is 0. The van der Waals surface area contributed by atoms with Gasteiger partial charge in [0, 0.05) is 69.5 Å². The lowest BCUT2D eigenvalue weighted by Crippen LogP contribution is -2.05. The van der Waals surface area contributed by atoms with Crippen molar-refractivity contribution in [3.63, 3.8) is 0 Å². The van der Waals surface area contributed by atoms with Crippen molar-refractivity contribution in [2.24, 2.45) is 0 Å². The molecule has 0 aliphatic carbocycles. The molecular formula is C65H39N5S. The van der Waals surface area contributed by atoms with Crippen molar-refractivity contribution in [2.75, 3.05) is 0 Å². The highest BCUT2D eigenvalue weighted by Gasteiger charge is 2.25. The minimum Gasteiger partial charge on any atom is -0.309 e. The third-order valence-electron chi connectivity index (χ3n) is 14.3. The smallest absolute Gasteiger partial charge is 0.166 e. The maximum Gasteiger partial charge on any atom is 0.166 e. The predicted octanol–water partition coefficient (Wildman–Crippen LogP) is 17.4. The van der Waals surface area contributed by atoms with E-state index in [0.717, 1.165) is 66.6 Å². The van der Waals surface area contributed by atoms with Crippen LogP contribution in [0.3, 0.4) is 0 Å². The molecule has 0 bridgehead atoms. The van der Waals surface area contributed by atoms with Crippen LogP contribution in [-0.4, -0.2) is 24.1 Å². The van der Waals surface area contributed by atoms with Gasteiger partial charge in [-0.2, -0.15) is 0 Å². The Morgan fingerprint density at radius 2 is 0.901 bits per heavy atom. The number of hydrogen-bond acceptors (Lipinski definition) is 4. The van der Waals surface area contributed by atoms with Crippen LogP contribution in [0.15, 0.2) is 237 Å². The molecule has 15 aromatic rings. The standard InChI is InChI=1S/C65H39N5S/c1-3-16-40(17-4-1)41-30-32-43(33-31-41)63-66-64(52-27-15-26-50-48-24-11-13-28-56(48)69(62(50)52)46-21-5-2-6-22-46)68-65(67-63)55-39-60-54(49-25-12-14-29-59(49)71-60)38-58(55)70-57-37-45-20-8-7-19-44(45)36-53(57)51-35-34-42-18-9-10-23-47(42)61(51)70/h1-39H. The van der Waals surface area contributed by atoms with Crippen molar-refractivity contribution >= 4 is 96.7 Å². The van der Waals surface area contributed by atoms with Crippen LogP contribution in [0.25, 0.3) is 142 Å². The number of nitrogens with zero attached hydrogens (tertiary/aromatic N) is 5. The van der Waals surface area contributed by atoms with Gasteiger partial charge < -0.3 is 9.13 Å². The average molecular weight is 922 g/mol. The van der Waals surface area contributed by atoms with Crippen LogP contribution in [0.4, 0.5) is 0 Å². The van der Waals surface area contributed by atoms with E-state index in [4.69, 9.17) is 15.0 Å². The van der Waals surface area contributed by atoms with Gasteiger partial charge in [0.2, 0.25) is 0 Å². The summed E-state index contributed by atoms with van der Waals surface area (Å²) in [5, 5.41) is 11.9. The van der Waals surface area contributed by atoms with E-state index in [1.165, 1.54) is 57.9 Å². The molecule has 5 nitrogen and oxygen atoms in total. The maximum atomic E-state index is 5.68. The van der Waals surface area contributed by atoms with Gasteiger partial charge in [0.15, 0.2) is 17.5 Å². The van der Waals surface area contributed by atoms with Gasteiger partial charge in [0.05, 0.1) is 27.8 Å². The fourth-order valence-corrected chi connectivity index (χ4v) is 12.2. The molecule has 0 fully saturated rings. The van der Waals surface area contributed by atoms with Crippen LogP contribution in [0.2, 0.25) is 0 Å². The van der Waals surface area contributed by atoms with Crippen LogP contribution >= 0.6 is 11.3 Å². The molecule has 0 saturated heterocycles. The molecule has 71 heavy (non-hydrogen) atoms. The van der Waals surface area contributed by atoms with E-state index in [0.29, 0.717) is 17.5 Å². The summed E-state index contributed by atoms with van der Waals surface area (Å²) in [5.74, 6) is 1.80. The molecule has 0 radical (unpaired) electrons. The van der Waals surface area contributed by atoms with E-state index in [9.17, 15) is 0 Å². The Hall–Kier alpha value is -9.23. The summed E-state index contributed by atoms with van der Waals surface area (Å²) in [6.45, 7) is 0. The number of rotatable bonds is 6. The van der Waals surface area contributed by atoms with Crippen LogP contribution in [0, 0.1) is 0 Å². The summed E-state index contributed by atoms with van der Waals surface area (Å²) in [5.41, 5.74) is 11.6. The van der Waals surface area contributed by atoms with E-state index < -0.39 is 0 Å². The van der Waals surface area contributed by atoms with E-state index in [1.54, 1.807) is 0 Å². The summed E-state index contributed by atoms with van der Waals surface area (Å²) in [7, 11) is 0. The molecule has 4 aromatic heterocycles. The zero-order valence-electron chi connectivity index (χ0n) is 38.2. The number of para-hydroxylation sites is 3. The summed E-state index contributed by atoms with van der Waals surface area (Å²) in [6, 6.07) is 85.1. The van der Waals surface area contributed by atoms with Gasteiger partial charge in [-0.1, -0.05) is 182 Å². The predicted molar refractivity (Wildman–Crippen MR) is 298 cm³/mol. The second-order valence-electron chi connectivity index (χ2n) is 18.3. The summed E-state index contributed by atoms with van der Waals surface area (Å²) in [4.78, 5) is 16.7. The van der Waals surface area contributed by atoms with Gasteiger partial charge >= 0.3 is 0 Å². The molecule has 6 heteroatoms. The van der Waals surface area contributed by atoms with Crippen LogP contribution in [-0.2, 0) is 0 Å². The zero-order valence-corrected chi connectivity index (χ0v) is 39.0. The van der Waals surface area contributed by atoms with Crippen molar-refractivity contribution < 1.29 is 0 Å². The molecule has 15 rings (SSSR count). The Morgan fingerprint density at radius 1 is 0.296 bits per heavy atom. The Kier molecular flexibility index (Phi) is 8.76. The molecule has 0 amide bonds. The first-order valence-electron chi connectivity index (χ1n) is 24.0. The molecular weight excluding hydrogens is 883 g/mol. The van der Waals surface area contributed by atoms with Gasteiger partial charge in [-0.25, -0.2) is 15.0 Å². The maximum absolute atomic E-state index is 5.68. The molecule has 0 saturated carbocycles. The minimum absolute atomic E-state index is 0.599. The van der Waals surface area contributed by atoms with Gasteiger partial charge in [-0.05, 0) is 81.9 Å². The third kappa shape index (κ3) is 6.22. The number of aromatic nitrogens is 5. The molecule has 330 valence electrons. The molecule has 0 unspecified atom stereocenters. The second kappa shape index (κ2) is 15.7. The van der Waals surface area contributed by atoms with Crippen molar-refractivity contribution in [3.05, 3.63) is 237 Å². The molecule has 0 aliphatic rings. The first kappa shape index (κ1) is 39.7. The fourth-order valence-electron chi connectivity index (χ4n) is 11.1. The largest absolute Gasteiger partial charge is 0.309 e. The molecule has 0 atom stereocenters. The lowest BCUT2D eigenvalue weighted by atomic mass is 10.0. The van der Waals surface area contributed by atoms with Crippen molar-refractivity contribution in [3.8, 4) is 56.7 Å². The van der Waals surface area contributed by atoms with E-state index >= 15 is 0 Å². The number of thiophene rings is 1. The highest BCUT2D eigenvalue weighted by Crippen LogP contribution is 2.45. The summed E-state index contributed by atoms with van der Waals surface area (Å²) in [6.07, 6.45) is 0. The molecule has 11 aromatic carbocycles. The quantitative estimate of drug-likeness (QED) is 0.167. The van der Waals surface area contributed by atoms with Gasteiger partial charge in [-0.3, -0.25) is 0 Å². The molecule has 0 N–H and O–H groups in total. The average Bonchev–Trinajstić information content (AvgIpc) is 4.10. The highest BCUT2D eigenvalue weighted by atomic mass is 32.1. The summed E-state index contributed by atoms with van der Waals surface area (Å²) >= 11 is 1.81. The van der Waals surface area contributed by atoms with Crippen molar-refractivity contribution in [1.82, 2.24) is 24.1 Å². The molecule has 0 spiro atoms. The Bertz CT molecular complexity index is 4620. The monoisotopic (exact) mass is 921 g/mol. The van der Waals surface area contributed by atoms with Crippen LogP contribution in [0.1, 0.15) is 0 Å². The molecule has 0 aliphatic heterocycles. The van der Waals surface area contributed by atoms with E-state index in [2.05, 4.69) is 246 Å². The van der Waals surface area contributed by atoms with E-state index in [-0.39, 0.29) is 0 Å². The topological polar surface area (TPSA) is 48.5 Å². The second-order valence-corrected chi connectivity index (χ2v) is 19.4. The highest BCUT2D eigenvalue weighted by molar-refractivity contribution is 7.25. The third-order valence-corrected chi connectivity index (χ3v) is 15.5. The van der Waals surface area contributed by atoms with Crippen molar-refractivity contribution in [2.45, 2.75) is 0 Å². The summed E-state index contributed by atoms with van der Waals surface area (Å²) < 4.78 is 7.26. The Morgan fingerprint density at radius 3 is 1.72 bits per heavy atom. The Labute approximate surface area is 411 Å². The number of benzene rings is 11. The molecule has 4 heterocycles. The van der Waals surface area contributed by atoms with Crippen molar-refractivity contribution in [1.29, 1.82) is 0 Å². The first-order valence-corrected chi connectivity index (χ1v) is 24.8. The fraction of sp³-hybridized carbons (Fsp3) is 0. The van der Waals surface area contributed by atoms with Gasteiger partial charge in [0.1, 0.15) is 0 Å². The first-order chi connectivity index (χ1) is 35.2. The zero-order chi connectivity index (χ0) is 46.6.